The molecule has 0 spiro atoms. The van der Waals surface area contributed by atoms with Gasteiger partial charge < -0.3 is 0 Å². The third-order valence-electron chi connectivity index (χ3n) is 2.82. The molecular formula is C13H16N2. The molecule has 0 amide bonds. The Labute approximate surface area is 90.6 Å². The first-order valence-corrected chi connectivity index (χ1v) is 5.31. The number of benzene rings is 1. The first kappa shape index (κ1) is 9.97. The quantitative estimate of drug-likeness (QED) is 0.728. The minimum atomic E-state index is 1.06. The number of nitrogens with zero attached hydrogens (tertiary/aromatic N) is 2. The second-order valence-corrected chi connectivity index (χ2v) is 3.82. The number of hydrogen-bond donors (Lipinski definition) is 0. The van der Waals surface area contributed by atoms with E-state index < -0.39 is 0 Å². The zero-order valence-corrected chi connectivity index (χ0v) is 9.49. The van der Waals surface area contributed by atoms with Crippen LogP contribution in [0.3, 0.4) is 0 Å². The fourth-order valence-electron chi connectivity index (χ4n) is 1.90. The van der Waals surface area contributed by atoms with Crippen LogP contribution in [0.5, 0.6) is 0 Å². The summed E-state index contributed by atoms with van der Waals surface area (Å²) in [7, 11) is 1.95. The van der Waals surface area contributed by atoms with Crippen molar-refractivity contribution in [1.82, 2.24) is 9.78 Å². The Bertz CT molecular complexity index is 469. The molecule has 0 saturated carbocycles. The average molecular weight is 200 g/mol. The summed E-state index contributed by atoms with van der Waals surface area (Å²) in [5.74, 6) is 0. The van der Waals surface area contributed by atoms with Crippen LogP contribution in [0, 0.1) is 6.92 Å². The van der Waals surface area contributed by atoms with Crippen molar-refractivity contribution in [2.45, 2.75) is 20.3 Å². The smallest absolute Gasteiger partial charge is 0.0925 e. The lowest BCUT2D eigenvalue weighted by Crippen LogP contribution is -1.92. The molecule has 0 unspecified atom stereocenters. The molecule has 0 aliphatic rings. The lowest BCUT2D eigenvalue weighted by Gasteiger charge is -2.07. The largest absolute Gasteiger partial charge is 0.275 e. The van der Waals surface area contributed by atoms with Crippen molar-refractivity contribution in [3.63, 3.8) is 0 Å². The Morgan fingerprint density at radius 1 is 1.27 bits per heavy atom. The maximum absolute atomic E-state index is 4.43. The van der Waals surface area contributed by atoms with Gasteiger partial charge in [-0.3, -0.25) is 4.68 Å². The zero-order chi connectivity index (χ0) is 10.8. The zero-order valence-electron chi connectivity index (χ0n) is 9.49. The Hall–Kier alpha value is -1.57. The number of aryl methyl sites for hydroxylation is 2. The molecule has 2 heteroatoms. The van der Waals surface area contributed by atoms with Crippen molar-refractivity contribution in [2.75, 3.05) is 0 Å². The van der Waals surface area contributed by atoms with Gasteiger partial charge in [0, 0.05) is 18.8 Å². The molecule has 0 atom stereocenters. The molecule has 0 N–H and O–H groups in total. The minimum absolute atomic E-state index is 1.06. The standard InChI is InChI=1S/C13H16N2/c1-4-11-6-5-7-12(10(11)2)13-8-9-15(3)14-13/h5-9H,4H2,1-3H3. The molecule has 1 heterocycles. The molecule has 15 heavy (non-hydrogen) atoms. The molecule has 0 aliphatic carbocycles. The van der Waals surface area contributed by atoms with E-state index in [1.54, 1.807) is 0 Å². The molecule has 0 fully saturated rings. The monoisotopic (exact) mass is 200 g/mol. The molecule has 0 radical (unpaired) electrons. The topological polar surface area (TPSA) is 17.8 Å². The van der Waals surface area contributed by atoms with E-state index in [0.717, 1.165) is 12.1 Å². The van der Waals surface area contributed by atoms with E-state index in [-0.39, 0.29) is 0 Å². The van der Waals surface area contributed by atoms with Gasteiger partial charge in [0.15, 0.2) is 0 Å². The molecule has 2 nitrogen and oxygen atoms in total. The summed E-state index contributed by atoms with van der Waals surface area (Å²) in [4.78, 5) is 0. The third kappa shape index (κ3) is 1.80. The summed E-state index contributed by atoms with van der Waals surface area (Å²) in [6, 6.07) is 8.48. The van der Waals surface area contributed by atoms with Gasteiger partial charge in [-0.1, -0.05) is 25.1 Å². The first-order chi connectivity index (χ1) is 7.22. The van der Waals surface area contributed by atoms with Gasteiger partial charge >= 0.3 is 0 Å². The van der Waals surface area contributed by atoms with Gasteiger partial charge in [0.25, 0.3) is 0 Å². The van der Waals surface area contributed by atoms with Gasteiger partial charge in [-0.2, -0.15) is 5.10 Å². The van der Waals surface area contributed by atoms with Gasteiger partial charge in [0.1, 0.15) is 0 Å². The summed E-state index contributed by atoms with van der Waals surface area (Å²) in [5.41, 5.74) is 5.05. The van der Waals surface area contributed by atoms with Crippen LogP contribution in [-0.2, 0) is 13.5 Å². The van der Waals surface area contributed by atoms with Crippen LogP contribution in [-0.4, -0.2) is 9.78 Å². The van der Waals surface area contributed by atoms with Gasteiger partial charge in [-0.15, -0.1) is 0 Å². The van der Waals surface area contributed by atoms with Gasteiger partial charge in [0.05, 0.1) is 5.69 Å². The summed E-state index contributed by atoms with van der Waals surface area (Å²) in [5, 5.41) is 4.43. The van der Waals surface area contributed by atoms with E-state index in [0.29, 0.717) is 0 Å². The molecule has 1 aromatic carbocycles. The first-order valence-electron chi connectivity index (χ1n) is 5.31. The Morgan fingerprint density at radius 3 is 2.67 bits per heavy atom. The van der Waals surface area contributed by atoms with Crippen molar-refractivity contribution < 1.29 is 0 Å². The lowest BCUT2D eigenvalue weighted by molar-refractivity contribution is 0.770. The molecule has 2 aromatic rings. The number of aromatic nitrogens is 2. The van der Waals surface area contributed by atoms with E-state index in [2.05, 4.69) is 43.2 Å². The second kappa shape index (κ2) is 3.89. The van der Waals surface area contributed by atoms with Gasteiger partial charge in [-0.05, 0) is 30.5 Å². The highest BCUT2D eigenvalue weighted by Crippen LogP contribution is 2.24. The van der Waals surface area contributed by atoms with Crippen LogP contribution in [0.2, 0.25) is 0 Å². The van der Waals surface area contributed by atoms with Gasteiger partial charge in [-0.25, -0.2) is 0 Å². The van der Waals surface area contributed by atoms with Crippen molar-refractivity contribution in [2.24, 2.45) is 7.05 Å². The van der Waals surface area contributed by atoms with Crippen LogP contribution < -0.4 is 0 Å². The summed E-state index contributed by atoms with van der Waals surface area (Å²) >= 11 is 0. The van der Waals surface area contributed by atoms with Crippen molar-refractivity contribution in [1.29, 1.82) is 0 Å². The third-order valence-corrected chi connectivity index (χ3v) is 2.82. The van der Waals surface area contributed by atoms with Crippen molar-refractivity contribution in [3.05, 3.63) is 41.6 Å². The van der Waals surface area contributed by atoms with Crippen LogP contribution in [0.25, 0.3) is 11.3 Å². The van der Waals surface area contributed by atoms with Crippen molar-refractivity contribution in [3.8, 4) is 11.3 Å². The predicted molar refractivity (Wildman–Crippen MR) is 62.8 cm³/mol. The lowest BCUT2D eigenvalue weighted by atomic mass is 9.99. The van der Waals surface area contributed by atoms with E-state index in [4.69, 9.17) is 0 Å². The van der Waals surface area contributed by atoms with Crippen LogP contribution in [0.1, 0.15) is 18.1 Å². The van der Waals surface area contributed by atoms with E-state index >= 15 is 0 Å². The van der Waals surface area contributed by atoms with Crippen LogP contribution in [0.15, 0.2) is 30.5 Å². The number of hydrogen-bond acceptors (Lipinski definition) is 1. The molecule has 0 bridgehead atoms. The van der Waals surface area contributed by atoms with E-state index in [9.17, 15) is 0 Å². The highest BCUT2D eigenvalue weighted by molar-refractivity contribution is 5.64. The fourth-order valence-corrected chi connectivity index (χ4v) is 1.90. The van der Waals surface area contributed by atoms with Gasteiger partial charge in [0.2, 0.25) is 0 Å². The maximum Gasteiger partial charge on any atom is 0.0925 e. The van der Waals surface area contributed by atoms with Crippen molar-refractivity contribution >= 4 is 0 Å². The predicted octanol–water partition coefficient (Wildman–Crippen LogP) is 2.96. The van der Waals surface area contributed by atoms with Crippen LogP contribution in [0.4, 0.5) is 0 Å². The van der Waals surface area contributed by atoms with Crippen LogP contribution >= 0.6 is 0 Å². The Kier molecular flexibility index (Phi) is 2.58. The maximum atomic E-state index is 4.43. The minimum Gasteiger partial charge on any atom is -0.275 e. The Morgan fingerprint density at radius 2 is 2.07 bits per heavy atom. The molecule has 0 aliphatic heterocycles. The fraction of sp³-hybridized carbons (Fsp3) is 0.308. The summed E-state index contributed by atoms with van der Waals surface area (Å²) < 4.78 is 1.84. The van der Waals surface area contributed by atoms with E-state index in [1.807, 2.05) is 17.9 Å². The van der Waals surface area contributed by atoms with E-state index in [1.165, 1.54) is 16.7 Å². The average Bonchev–Trinajstić information content (AvgIpc) is 2.65. The molecular weight excluding hydrogens is 184 g/mol. The highest BCUT2D eigenvalue weighted by atomic mass is 15.2. The molecule has 78 valence electrons. The Balaban J connectivity index is 2.53. The second-order valence-electron chi connectivity index (χ2n) is 3.82. The molecule has 0 saturated heterocycles. The molecule has 2 rings (SSSR count). The summed E-state index contributed by atoms with van der Waals surface area (Å²) in [6.07, 6.45) is 3.06. The normalized spacial score (nSPS) is 10.6. The highest BCUT2D eigenvalue weighted by Gasteiger charge is 2.06. The molecule has 1 aromatic heterocycles. The number of rotatable bonds is 2. The SMILES string of the molecule is CCc1cccc(-c2ccn(C)n2)c1C. The summed E-state index contributed by atoms with van der Waals surface area (Å²) in [6.45, 7) is 4.35.